The van der Waals surface area contributed by atoms with Gasteiger partial charge in [-0.05, 0) is 32.7 Å². The van der Waals surface area contributed by atoms with E-state index in [0.29, 0.717) is 12.0 Å². The number of aromatic nitrogens is 1. The van der Waals surface area contributed by atoms with Crippen molar-refractivity contribution in [3.63, 3.8) is 0 Å². The van der Waals surface area contributed by atoms with Crippen LogP contribution in [0.1, 0.15) is 50.7 Å². The maximum absolute atomic E-state index is 4.70. The van der Waals surface area contributed by atoms with E-state index in [1.54, 1.807) is 0 Å². The van der Waals surface area contributed by atoms with Gasteiger partial charge >= 0.3 is 0 Å². The monoisotopic (exact) mass is 269 g/mol. The fourth-order valence-electron chi connectivity index (χ4n) is 2.04. The van der Waals surface area contributed by atoms with Crippen molar-refractivity contribution in [3.8, 4) is 0 Å². The van der Waals surface area contributed by atoms with E-state index in [-0.39, 0.29) is 0 Å². The summed E-state index contributed by atoms with van der Waals surface area (Å²) in [5.41, 5.74) is 1.17. The number of aryl methyl sites for hydroxylation is 1. The zero-order chi connectivity index (χ0) is 13.7. The molecule has 1 atom stereocenters. The first-order valence-electron chi connectivity index (χ1n) is 6.87. The maximum atomic E-state index is 4.70. The zero-order valence-electron chi connectivity index (χ0n) is 12.6. The molecule has 0 bridgehead atoms. The largest absolute Gasteiger partial charge is 0.351 e. The molecule has 1 unspecified atom stereocenters. The van der Waals surface area contributed by atoms with Crippen molar-refractivity contribution in [1.82, 2.24) is 10.3 Å². The van der Waals surface area contributed by atoms with E-state index in [1.165, 1.54) is 17.0 Å². The van der Waals surface area contributed by atoms with Gasteiger partial charge in [0.15, 0.2) is 5.13 Å². The van der Waals surface area contributed by atoms with Crippen LogP contribution >= 0.6 is 11.3 Å². The van der Waals surface area contributed by atoms with Gasteiger partial charge in [-0.2, -0.15) is 0 Å². The molecular weight excluding hydrogens is 242 g/mol. The first-order valence-corrected chi connectivity index (χ1v) is 7.69. The highest BCUT2D eigenvalue weighted by Crippen LogP contribution is 2.30. The summed E-state index contributed by atoms with van der Waals surface area (Å²) < 4.78 is 0. The van der Waals surface area contributed by atoms with Gasteiger partial charge in [0.1, 0.15) is 0 Å². The molecule has 1 N–H and O–H groups in total. The first kappa shape index (κ1) is 15.4. The lowest BCUT2D eigenvalue weighted by Crippen LogP contribution is -2.22. The summed E-state index contributed by atoms with van der Waals surface area (Å²) in [6, 6.07) is 0.406. The van der Waals surface area contributed by atoms with Crippen LogP contribution in [-0.4, -0.2) is 25.1 Å². The quantitative estimate of drug-likeness (QED) is 0.819. The van der Waals surface area contributed by atoms with Gasteiger partial charge in [0, 0.05) is 24.5 Å². The SMILES string of the molecule is CCCNC(C)c1sc(N(C)CC(C)C)nc1C. The minimum Gasteiger partial charge on any atom is -0.351 e. The van der Waals surface area contributed by atoms with Gasteiger partial charge in [-0.1, -0.05) is 20.8 Å². The van der Waals surface area contributed by atoms with E-state index < -0.39 is 0 Å². The third kappa shape index (κ3) is 4.25. The molecule has 0 aromatic carbocycles. The number of nitrogens with zero attached hydrogens (tertiary/aromatic N) is 2. The van der Waals surface area contributed by atoms with Crippen LogP contribution in [0.3, 0.4) is 0 Å². The van der Waals surface area contributed by atoms with Gasteiger partial charge < -0.3 is 10.2 Å². The maximum Gasteiger partial charge on any atom is 0.185 e. The Hall–Kier alpha value is -0.610. The predicted octanol–water partition coefficient (Wildman–Crippen LogP) is 3.60. The van der Waals surface area contributed by atoms with E-state index in [1.807, 2.05) is 11.3 Å². The third-order valence-electron chi connectivity index (χ3n) is 2.88. The second-order valence-electron chi connectivity index (χ2n) is 5.40. The van der Waals surface area contributed by atoms with Crippen molar-refractivity contribution in [1.29, 1.82) is 0 Å². The summed E-state index contributed by atoms with van der Waals surface area (Å²) in [5.74, 6) is 0.665. The lowest BCUT2D eigenvalue weighted by Gasteiger charge is -2.18. The number of hydrogen-bond acceptors (Lipinski definition) is 4. The summed E-state index contributed by atoms with van der Waals surface area (Å²) >= 11 is 1.82. The van der Waals surface area contributed by atoms with E-state index in [4.69, 9.17) is 4.98 Å². The number of hydrogen-bond donors (Lipinski definition) is 1. The standard InChI is InChI=1S/C14H27N3S/c1-7-8-15-11(4)13-12(5)16-14(18-13)17(6)9-10(2)3/h10-11,15H,7-9H2,1-6H3. The summed E-state index contributed by atoms with van der Waals surface area (Å²) in [6.45, 7) is 13.1. The Morgan fingerprint density at radius 3 is 2.56 bits per heavy atom. The molecule has 18 heavy (non-hydrogen) atoms. The highest BCUT2D eigenvalue weighted by atomic mass is 32.1. The van der Waals surface area contributed by atoms with Crippen LogP contribution in [0.5, 0.6) is 0 Å². The van der Waals surface area contributed by atoms with Gasteiger partial charge in [-0.25, -0.2) is 4.98 Å². The Balaban J connectivity index is 2.74. The molecule has 1 heterocycles. The molecule has 0 radical (unpaired) electrons. The fraction of sp³-hybridized carbons (Fsp3) is 0.786. The predicted molar refractivity (Wildman–Crippen MR) is 81.7 cm³/mol. The number of anilines is 1. The zero-order valence-corrected chi connectivity index (χ0v) is 13.4. The molecule has 4 heteroatoms. The second-order valence-corrected chi connectivity index (χ2v) is 6.41. The van der Waals surface area contributed by atoms with Crippen LogP contribution in [0, 0.1) is 12.8 Å². The smallest absolute Gasteiger partial charge is 0.185 e. The minimum absolute atomic E-state index is 0.406. The number of thiazole rings is 1. The van der Waals surface area contributed by atoms with Crippen molar-refractivity contribution >= 4 is 16.5 Å². The molecule has 0 saturated heterocycles. The number of nitrogens with one attached hydrogen (secondary N) is 1. The molecule has 0 amide bonds. The van der Waals surface area contributed by atoms with Crippen LogP contribution in [0.15, 0.2) is 0 Å². The molecule has 0 fully saturated rings. The normalized spacial score (nSPS) is 13.1. The van der Waals surface area contributed by atoms with Gasteiger partial charge in [0.2, 0.25) is 0 Å². The summed E-state index contributed by atoms with van der Waals surface area (Å²) in [6.07, 6.45) is 1.17. The van der Waals surface area contributed by atoms with E-state index in [2.05, 4.69) is 51.9 Å². The van der Waals surface area contributed by atoms with Crippen molar-refractivity contribution < 1.29 is 0 Å². The third-order valence-corrected chi connectivity index (χ3v) is 4.33. The van der Waals surface area contributed by atoms with Crippen LogP contribution in [0.4, 0.5) is 5.13 Å². The molecule has 1 aromatic rings. The lowest BCUT2D eigenvalue weighted by atomic mass is 10.2. The van der Waals surface area contributed by atoms with E-state index in [0.717, 1.165) is 18.2 Å². The van der Waals surface area contributed by atoms with Crippen LogP contribution < -0.4 is 10.2 Å². The highest BCUT2D eigenvalue weighted by molar-refractivity contribution is 7.15. The molecule has 1 aromatic heterocycles. The average molecular weight is 269 g/mol. The molecule has 104 valence electrons. The van der Waals surface area contributed by atoms with E-state index >= 15 is 0 Å². The van der Waals surface area contributed by atoms with Gasteiger partial charge in [-0.15, -0.1) is 11.3 Å². The van der Waals surface area contributed by atoms with Crippen molar-refractivity contribution in [2.75, 3.05) is 25.0 Å². The van der Waals surface area contributed by atoms with Crippen LogP contribution in [0.2, 0.25) is 0 Å². The average Bonchev–Trinajstić information content (AvgIpc) is 2.67. The number of rotatable bonds is 7. The van der Waals surface area contributed by atoms with Gasteiger partial charge in [0.05, 0.1) is 5.69 Å². The molecule has 1 rings (SSSR count). The Morgan fingerprint density at radius 2 is 2.00 bits per heavy atom. The molecule has 3 nitrogen and oxygen atoms in total. The Kier molecular flexibility index (Phi) is 6.09. The van der Waals surface area contributed by atoms with Crippen LogP contribution in [0.25, 0.3) is 0 Å². The van der Waals surface area contributed by atoms with Crippen LogP contribution in [-0.2, 0) is 0 Å². The topological polar surface area (TPSA) is 28.2 Å². The summed E-state index contributed by atoms with van der Waals surface area (Å²) in [4.78, 5) is 8.33. The Labute approximate surface area is 116 Å². The van der Waals surface area contributed by atoms with Crippen molar-refractivity contribution in [2.24, 2.45) is 5.92 Å². The Morgan fingerprint density at radius 1 is 1.33 bits per heavy atom. The fourth-order valence-corrected chi connectivity index (χ4v) is 3.10. The lowest BCUT2D eigenvalue weighted by molar-refractivity contribution is 0.575. The molecular formula is C14H27N3S. The summed E-state index contributed by atoms with van der Waals surface area (Å²) in [7, 11) is 2.13. The second kappa shape index (κ2) is 7.10. The van der Waals surface area contributed by atoms with E-state index in [9.17, 15) is 0 Å². The molecule has 0 spiro atoms. The van der Waals surface area contributed by atoms with Crippen molar-refractivity contribution in [2.45, 2.75) is 47.1 Å². The van der Waals surface area contributed by atoms with Gasteiger partial charge in [0.25, 0.3) is 0 Å². The van der Waals surface area contributed by atoms with Crippen molar-refractivity contribution in [3.05, 3.63) is 10.6 Å². The molecule has 0 aliphatic rings. The summed E-state index contributed by atoms with van der Waals surface area (Å²) in [5, 5.41) is 4.67. The first-order chi connectivity index (χ1) is 8.45. The highest BCUT2D eigenvalue weighted by Gasteiger charge is 2.16. The minimum atomic E-state index is 0.406. The molecule has 0 aliphatic carbocycles. The molecule has 0 aliphatic heterocycles. The van der Waals surface area contributed by atoms with Gasteiger partial charge in [-0.3, -0.25) is 0 Å². The molecule has 0 saturated carbocycles. The Bertz CT molecular complexity index is 360.